The number of nitrogens with zero attached hydrogens (tertiary/aromatic N) is 10. The molecule has 6 N–H and O–H groups in total. The number of imidazole rings is 4. The van der Waals surface area contributed by atoms with E-state index in [4.69, 9.17) is 44.6 Å². The molecule has 468 valence electrons. The van der Waals surface area contributed by atoms with E-state index in [1.807, 2.05) is 139 Å². The topological polar surface area (TPSA) is 266 Å². The molecule has 21 nitrogen and oxygen atoms in total. The standard InChI is InChI=1S/C42H66N8O6Si2.C21H23N7.CH4/c1-29(47-39(51)55-41(3,4)5)37-45-25-35(49(37)27-53-19-21-57(9,10)11)31-15-17-33(43-23-31)34-18-16-32(24-44-34)36-26-46-38(30(2)48-40(52)56-42(6,7)8)50(36)28-54-20-22-58(12,13)14;1-12(2)20-25-10-18(27-20)14-4-6-16(23-8-14)17-7-5-15(9-24-17)19-11-26-21(28-19)13(3)22;/h15-18,23-26,29-30H,19-22,27-28H2,1-14H3,(H,47,51)(H,48,52);4-13H,22H2,1-3H3,(H,25,27)(H,26,28);1H4/t29-,30-;13-;/m00./s1. The molecular weight excluding hydrogens is 1130 g/mol. The van der Waals surface area contributed by atoms with Crippen molar-refractivity contribution >= 4 is 28.3 Å². The molecule has 2 amide bonds. The zero-order chi connectivity index (χ0) is 62.7. The number of alkyl carbamates (subject to hydrolysis) is 2. The highest BCUT2D eigenvalue weighted by atomic mass is 28.3. The molecule has 0 saturated heterocycles. The molecule has 0 spiro atoms. The quantitative estimate of drug-likeness (QED) is 0.0312. The first-order chi connectivity index (χ1) is 40.4. The average molecular weight is 1220 g/mol. The number of hydrogen-bond acceptors (Lipinski definition) is 15. The van der Waals surface area contributed by atoms with Gasteiger partial charge in [0.25, 0.3) is 0 Å². The summed E-state index contributed by atoms with van der Waals surface area (Å²) in [6, 6.07) is 16.8. The van der Waals surface area contributed by atoms with Crippen LogP contribution in [-0.2, 0) is 32.4 Å². The van der Waals surface area contributed by atoms with Crippen molar-refractivity contribution in [3.05, 3.63) is 121 Å². The number of carbonyl (C=O) groups excluding carboxylic acids is 2. The summed E-state index contributed by atoms with van der Waals surface area (Å²) in [5.74, 6) is 3.39. The molecule has 23 heteroatoms. The Morgan fingerprint density at radius 1 is 0.506 bits per heavy atom. The van der Waals surface area contributed by atoms with Gasteiger partial charge >= 0.3 is 12.2 Å². The van der Waals surface area contributed by atoms with Crippen molar-refractivity contribution in [1.29, 1.82) is 0 Å². The van der Waals surface area contributed by atoms with Crippen molar-refractivity contribution in [3.63, 3.8) is 0 Å². The van der Waals surface area contributed by atoms with E-state index in [1.54, 1.807) is 31.0 Å². The molecule has 87 heavy (non-hydrogen) atoms. The van der Waals surface area contributed by atoms with Gasteiger partial charge in [-0.05, 0) is 123 Å². The Balaban J connectivity index is 0.000000346. The molecule has 3 atom stereocenters. The maximum atomic E-state index is 12.6. The Morgan fingerprint density at radius 3 is 1.14 bits per heavy atom. The number of nitrogens with two attached hydrogens (primary N) is 1. The van der Waals surface area contributed by atoms with Crippen LogP contribution < -0.4 is 16.4 Å². The lowest BCUT2D eigenvalue weighted by molar-refractivity contribution is 0.0486. The van der Waals surface area contributed by atoms with Crippen molar-refractivity contribution in [3.8, 4) is 67.8 Å². The molecule has 0 aliphatic carbocycles. The number of hydrogen-bond donors (Lipinski definition) is 5. The van der Waals surface area contributed by atoms with Crippen LogP contribution in [0.25, 0.3) is 67.8 Å². The second-order valence-electron chi connectivity index (χ2n) is 26.3. The summed E-state index contributed by atoms with van der Waals surface area (Å²) >= 11 is 0. The SMILES string of the molecule is C.CC(C)c1ncc(-c2ccc(-c3ccc(-c4cnc([C@H](C)N)[nH]4)cn3)nc2)[nH]1.C[C@H](NC(=O)OC(C)(C)C)c1ncc(-c2ccc(-c3ccc(-c4cnc([C@H](C)NC(=O)OC(C)(C)C)n4COCC[Si](C)(C)C)cn3)nc2)n1COCC[Si](C)(C)C. The molecule has 0 aliphatic heterocycles. The van der Waals surface area contributed by atoms with Gasteiger partial charge in [-0.2, -0.15) is 0 Å². The fourth-order valence-electron chi connectivity index (χ4n) is 8.66. The van der Waals surface area contributed by atoms with Crippen molar-refractivity contribution in [2.24, 2.45) is 5.73 Å². The smallest absolute Gasteiger partial charge is 0.408 e. The van der Waals surface area contributed by atoms with Gasteiger partial charge in [-0.25, -0.2) is 29.5 Å². The minimum Gasteiger partial charge on any atom is -0.444 e. The number of ether oxygens (including phenoxy) is 4. The number of amides is 2. The largest absolute Gasteiger partial charge is 0.444 e. The van der Waals surface area contributed by atoms with Gasteiger partial charge in [-0.15, -0.1) is 0 Å². The molecule has 8 aromatic rings. The first-order valence-corrected chi connectivity index (χ1v) is 36.8. The van der Waals surface area contributed by atoms with Crippen LogP contribution in [0.2, 0.25) is 51.4 Å². The van der Waals surface area contributed by atoms with E-state index >= 15 is 0 Å². The second-order valence-corrected chi connectivity index (χ2v) is 37.6. The zero-order valence-corrected chi connectivity index (χ0v) is 55.3. The molecule has 0 unspecified atom stereocenters. The number of carbonyl (C=O) groups is 2. The van der Waals surface area contributed by atoms with Gasteiger partial charge in [0.15, 0.2) is 0 Å². The van der Waals surface area contributed by atoms with Crippen LogP contribution in [0, 0.1) is 0 Å². The van der Waals surface area contributed by atoms with Gasteiger partial charge in [-0.3, -0.25) is 19.9 Å². The summed E-state index contributed by atoms with van der Waals surface area (Å²) in [4.78, 5) is 68.7. The highest BCUT2D eigenvalue weighted by Crippen LogP contribution is 2.30. The summed E-state index contributed by atoms with van der Waals surface area (Å²) in [6.07, 6.45) is 13.4. The number of rotatable bonds is 22. The first-order valence-electron chi connectivity index (χ1n) is 29.4. The Hall–Kier alpha value is -7.71. The van der Waals surface area contributed by atoms with Crippen molar-refractivity contribution in [2.75, 3.05) is 13.2 Å². The summed E-state index contributed by atoms with van der Waals surface area (Å²) in [5.41, 5.74) is 14.8. The van der Waals surface area contributed by atoms with E-state index in [0.29, 0.717) is 42.2 Å². The molecule has 8 rings (SSSR count). The summed E-state index contributed by atoms with van der Waals surface area (Å²) in [6.45, 7) is 36.6. The Kier molecular flexibility index (Phi) is 23.1. The third kappa shape index (κ3) is 20.2. The molecule has 0 aliphatic rings. The van der Waals surface area contributed by atoms with E-state index in [9.17, 15) is 9.59 Å². The predicted octanol–water partition coefficient (Wildman–Crippen LogP) is 14.4. The highest BCUT2D eigenvalue weighted by Gasteiger charge is 2.26. The monoisotopic (exact) mass is 1220 g/mol. The van der Waals surface area contributed by atoms with Crippen LogP contribution in [0.3, 0.4) is 0 Å². The summed E-state index contributed by atoms with van der Waals surface area (Å²) in [5, 5.41) is 5.82. The van der Waals surface area contributed by atoms with Crippen LogP contribution in [0.15, 0.2) is 98.1 Å². The average Bonchev–Trinajstić information content (AvgIpc) is 2.13. The maximum Gasteiger partial charge on any atom is 0.408 e. The van der Waals surface area contributed by atoms with Gasteiger partial charge < -0.3 is 54.4 Å². The molecule has 0 fully saturated rings. The van der Waals surface area contributed by atoms with Crippen LogP contribution in [0.4, 0.5) is 9.59 Å². The van der Waals surface area contributed by atoms with E-state index < -0.39 is 51.6 Å². The molecule has 0 radical (unpaired) electrons. The molecule has 0 bridgehead atoms. The van der Waals surface area contributed by atoms with E-state index in [0.717, 1.165) is 80.2 Å². The zero-order valence-electron chi connectivity index (χ0n) is 53.3. The van der Waals surface area contributed by atoms with E-state index in [-0.39, 0.29) is 26.9 Å². The molecule has 8 aromatic heterocycles. The third-order valence-corrected chi connectivity index (χ3v) is 16.8. The highest BCUT2D eigenvalue weighted by molar-refractivity contribution is 6.76. The summed E-state index contributed by atoms with van der Waals surface area (Å²) in [7, 11) is -2.59. The summed E-state index contributed by atoms with van der Waals surface area (Å²) < 4.78 is 27.3. The Labute approximate surface area is 516 Å². The van der Waals surface area contributed by atoms with Crippen LogP contribution in [-0.4, -0.2) is 112 Å². The third-order valence-electron chi connectivity index (χ3n) is 13.4. The normalized spacial score (nSPS) is 13.0. The fourth-order valence-corrected chi connectivity index (χ4v) is 10.2. The van der Waals surface area contributed by atoms with Gasteiger partial charge in [-0.1, -0.05) is 60.6 Å². The van der Waals surface area contributed by atoms with Gasteiger partial charge in [0.2, 0.25) is 0 Å². The lowest BCUT2D eigenvalue weighted by Gasteiger charge is -2.23. The molecule has 0 aromatic carbocycles. The Morgan fingerprint density at radius 2 is 0.851 bits per heavy atom. The Bertz CT molecular complexity index is 3230. The number of aromatic amines is 2. The molecule has 0 saturated carbocycles. The second kappa shape index (κ2) is 29.3. The van der Waals surface area contributed by atoms with Gasteiger partial charge in [0, 0.05) is 82.3 Å². The van der Waals surface area contributed by atoms with Gasteiger partial charge in [0.1, 0.15) is 48.0 Å². The molecular formula is C64H93N15O6Si2. The lowest BCUT2D eigenvalue weighted by Crippen LogP contribution is -2.35. The van der Waals surface area contributed by atoms with Crippen molar-refractivity contribution in [1.82, 2.24) is 69.6 Å². The predicted molar refractivity (Wildman–Crippen MR) is 350 cm³/mol. The first kappa shape index (κ1) is 68.4. The van der Waals surface area contributed by atoms with Gasteiger partial charge in [0.05, 0.1) is 88.5 Å². The van der Waals surface area contributed by atoms with Crippen molar-refractivity contribution < 1.29 is 28.5 Å². The number of nitrogens with one attached hydrogen (secondary N) is 4. The number of pyridine rings is 4. The van der Waals surface area contributed by atoms with E-state index in [2.05, 4.69) is 93.7 Å². The number of aromatic nitrogens is 12. The van der Waals surface area contributed by atoms with Crippen molar-refractivity contribution in [2.45, 2.75) is 184 Å². The maximum absolute atomic E-state index is 12.6. The molecule has 8 heterocycles. The fraction of sp³-hybridized carbons (Fsp3) is 0.469. The lowest BCUT2D eigenvalue weighted by atomic mass is 10.1. The van der Waals surface area contributed by atoms with Crippen LogP contribution in [0.1, 0.15) is 131 Å². The van der Waals surface area contributed by atoms with E-state index in [1.165, 1.54) is 0 Å². The minimum absolute atomic E-state index is 0. The minimum atomic E-state index is -1.30. The van der Waals surface area contributed by atoms with Crippen LogP contribution in [0.5, 0.6) is 0 Å². The van der Waals surface area contributed by atoms with Crippen LogP contribution >= 0.6 is 0 Å². The number of H-pyrrole nitrogens is 2.